The van der Waals surface area contributed by atoms with Gasteiger partial charge < -0.3 is 15.0 Å². The number of halogens is 1. The van der Waals surface area contributed by atoms with Crippen molar-refractivity contribution < 1.29 is 13.9 Å². The van der Waals surface area contributed by atoms with Crippen LogP contribution in [-0.4, -0.2) is 36.2 Å². The second kappa shape index (κ2) is 7.30. The summed E-state index contributed by atoms with van der Waals surface area (Å²) in [6, 6.07) is 5.14. The molecule has 1 fully saturated rings. The van der Waals surface area contributed by atoms with Gasteiger partial charge in [0.25, 0.3) is 0 Å². The van der Waals surface area contributed by atoms with Gasteiger partial charge in [-0.2, -0.15) is 0 Å². The molecule has 23 heavy (non-hydrogen) atoms. The Hall–Kier alpha value is -1.62. The first-order valence-electron chi connectivity index (χ1n) is 8.18. The largest absolute Gasteiger partial charge is 0.444 e. The molecule has 2 rings (SSSR count). The van der Waals surface area contributed by atoms with Crippen molar-refractivity contribution in [1.29, 1.82) is 0 Å². The fraction of sp³-hybridized carbons (Fsp3) is 0.611. The molecule has 1 saturated heterocycles. The molecule has 1 aromatic rings. The quantitative estimate of drug-likeness (QED) is 0.923. The van der Waals surface area contributed by atoms with Crippen molar-refractivity contribution in [3.05, 3.63) is 35.1 Å². The van der Waals surface area contributed by atoms with E-state index in [1.807, 2.05) is 33.8 Å². The van der Waals surface area contributed by atoms with Crippen LogP contribution in [-0.2, 0) is 11.3 Å². The normalized spacial score (nSPS) is 18.3. The van der Waals surface area contributed by atoms with E-state index in [-0.39, 0.29) is 11.9 Å². The highest BCUT2D eigenvalue weighted by molar-refractivity contribution is 5.68. The minimum Gasteiger partial charge on any atom is -0.444 e. The summed E-state index contributed by atoms with van der Waals surface area (Å²) in [6.45, 7) is 10.3. The number of carbonyl (C=O) groups is 1. The zero-order valence-corrected chi connectivity index (χ0v) is 14.5. The molecule has 1 heterocycles. The summed E-state index contributed by atoms with van der Waals surface area (Å²) in [5, 5.41) is 3.30. The number of aryl methyl sites for hydroxylation is 1. The lowest BCUT2D eigenvalue weighted by molar-refractivity contribution is 0.0288. The molecule has 0 aliphatic carbocycles. The van der Waals surface area contributed by atoms with Gasteiger partial charge >= 0.3 is 6.09 Å². The fourth-order valence-electron chi connectivity index (χ4n) is 2.74. The van der Waals surface area contributed by atoms with Crippen LogP contribution >= 0.6 is 0 Å². The molecule has 0 spiro atoms. The molecule has 1 unspecified atom stereocenters. The molecule has 1 aliphatic rings. The number of rotatable bonds is 4. The molecule has 0 radical (unpaired) electrons. The highest BCUT2D eigenvalue weighted by atomic mass is 19.1. The van der Waals surface area contributed by atoms with Crippen LogP contribution in [0.2, 0.25) is 0 Å². The van der Waals surface area contributed by atoms with Crippen molar-refractivity contribution in [2.24, 2.45) is 5.92 Å². The molecule has 1 amide bonds. The van der Waals surface area contributed by atoms with E-state index in [0.717, 1.165) is 25.1 Å². The van der Waals surface area contributed by atoms with Crippen LogP contribution in [0, 0.1) is 18.7 Å². The van der Waals surface area contributed by atoms with Crippen molar-refractivity contribution >= 4 is 6.09 Å². The Labute approximate surface area is 138 Å². The third-order valence-electron chi connectivity index (χ3n) is 3.89. The number of nitrogens with one attached hydrogen (secondary N) is 1. The van der Waals surface area contributed by atoms with E-state index < -0.39 is 5.60 Å². The van der Waals surface area contributed by atoms with Gasteiger partial charge in [0.05, 0.1) is 0 Å². The summed E-state index contributed by atoms with van der Waals surface area (Å²) in [6.07, 6.45) is 0.701. The van der Waals surface area contributed by atoms with Crippen LogP contribution in [0.25, 0.3) is 0 Å². The van der Waals surface area contributed by atoms with Crippen LogP contribution in [0.15, 0.2) is 18.2 Å². The molecule has 128 valence electrons. The predicted molar refractivity (Wildman–Crippen MR) is 88.8 cm³/mol. The number of amides is 1. The molecule has 1 aromatic carbocycles. The van der Waals surface area contributed by atoms with Crippen molar-refractivity contribution in [2.75, 3.05) is 19.6 Å². The zero-order chi connectivity index (χ0) is 17.0. The fourth-order valence-corrected chi connectivity index (χ4v) is 2.74. The molecular weight excluding hydrogens is 295 g/mol. The molecule has 1 N–H and O–H groups in total. The lowest BCUT2D eigenvalue weighted by Crippen LogP contribution is -2.36. The van der Waals surface area contributed by atoms with Crippen molar-refractivity contribution in [2.45, 2.75) is 46.3 Å². The van der Waals surface area contributed by atoms with Crippen LogP contribution in [0.1, 0.15) is 38.3 Å². The van der Waals surface area contributed by atoms with E-state index in [1.54, 1.807) is 11.0 Å². The molecule has 0 bridgehead atoms. The number of carbonyl (C=O) groups excluding carboxylic acids is 1. The standard InChI is InChI=1S/C18H27FN2O2/c1-13-5-6-16(19)15(9-13)11-20-10-14-7-8-21(12-14)17(22)23-18(2,3)4/h5-6,9,14,20H,7-8,10-12H2,1-4H3. The zero-order valence-electron chi connectivity index (χ0n) is 14.5. The molecular formula is C18H27FN2O2. The Kier molecular flexibility index (Phi) is 5.63. The van der Waals surface area contributed by atoms with E-state index in [0.29, 0.717) is 24.6 Å². The van der Waals surface area contributed by atoms with Crippen LogP contribution in [0.3, 0.4) is 0 Å². The van der Waals surface area contributed by atoms with Gasteiger partial charge in [-0.1, -0.05) is 17.7 Å². The average Bonchev–Trinajstić information content (AvgIpc) is 2.90. The van der Waals surface area contributed by atoms with Crippen LogP contribution in [0.5, 0.6) is 0 Å². The highest BCUT2D eigenvalue weighted by Gasteiger charge is 2.29. The van der Waals surface area contributed by atoms with Crippen molar-refractivity contribution in [3.8, 4) is 0 Å². The summed E-state index contributed by atoms with van der Waals surface area (Å²) in [5.74, 6) is 0.209. The Morgan fingerprint density at radius 3 is 2.87 bits per heavy atom. The Balaban J connectivity index is 1.76. The van der Waals surface area contributed by atoms with Gasteiger partial charge in [-0.25, -0.2) is 9.18 Å². The second-order valence-electron chi connectivity index (χ2n) is 7.31. The van der Waals surface area contributed by atoms with Gasteiger partial charge in [0.1, 0.15) is 11.4 Å². The summed E-state index contributed by atoms with van der Waals surface area (Å²) in [7, 11) is 0. The van der Waals surface area contributed by atoms with Gasteiger partial charge in [0, 0.05) is 31.7 Å². The second-order valence-corrected chi connectivity index (χ2v) is 7.31. The maximum absolute atomic E-state index is 13.7. The first kappa shape index (κ1) is 17.7. The van der Waals surface area contributed by atoms with Gasteiger partial charge in [-0.15, -0.1) is 0 Å². The molecule has 4 nitrogen and oxygen atoms in total. The lowest BCUT2D eigenvalue weighted by Gasteiger charge is -2.24. The Morgan fingerprint density at radius 2 is 2.17 bits per heavy atom. The van der Waals surface area contributed by atoms with Gasteiger partial charge in [0.15, 0.2) is 0 Å². The molecule has 1 atom stereocenters. The third-order valence-corrected chi connectivity index (χ3v) is 3.89. The Bertz CT molecular complexity index is 554. The minimum absolute atomic E-state index is 0.176. The van der Waals surface area contributed by atoms with Crippen molar-refractivity contribution in [3.63, 3.8) is 0 Å². The highest BCUT2D eigenvalue weighted by Crippen LogP contribution is 2.19. The number of ether oxygens (including phenoxy) is 1. The molecule has 0 saturated carbocycles. The monoisotopic (exact) mass is 322 g/mol. The van der Waals surface area contributed by atoms with Gasteiger partial charge in [-0.3, -0.25) is 0 Å². The van der Waals surface area contributed by atoms with Crippen LogP contribution < -0.4 is 5.32 Å². The predicted octanol–water partition coefficient (Wildman–Crippen LogP) is 3.48. The van der Waals surface area contributed by atoms with Crippen molar-refractivity contribution in [1.82, 2.24) is 10.2 Å². The number of likely N-dealkylation sites (tertiary alicyclic amines) is 1. The smallest absolute Gasteiger partial charge is 0.410 e. The molecule has 0 aromatic heterocycles. The van der Waals surface area contributed by atoms with E-state index in [4.69, 9.17) is 4.74 Å². The average molecular weight is 322 g/mol. The maximum atomic E-state index is 13.7. The topological polar surface area (TPSA) is 41.6 Å². The summed E-state index contributed by atoms with van der Waals surface area (Å²) >= 11 is 0. The number of hydrogen-bond donors (Lipinski definition) is 1. The third kappa shape index (κ3) is 5.50. The molecule has 5 heteroatoms. The maximum Gasteiger partial charge on any atom is 0.410 e. The first-order valence-corrected chi connectivity index (χ1v) is 8.18. The van der Waals surface area contributed by atoms with E-state index in [1.165, 1.54) is 6.07 Å². The lowest BCUT2D eigenvalue weighted by atomic mass is 10.1. The van der Waals surface area contributed by atoms with Gasteiger partial charge in [0.2, 0.25) is 0 Å². The van der Waals surface area contributed by atoms with E-state index in [9.17, 15) is 9.18 Å². The van der Waals surface area contributed by atoms with Crippen LogP contribution in [0.4, 0.5) is 9.18 Å². The first-order chi connectivity index (χ1) is 10.7. The summed E-state index contributed by atoms with van der Waals surface area (Å²) in [4.78, 5) is 13.8. The number of nitrogens with zero attached hydrogens (tertiary/aromatic N) is 1. The van der Waals surface area contributed by atoms with E-state index >= 15 is 0 Å². The molecule has 1 aliphatic heterocycles. The minimum atomic E-state index is -0.462. The summed E-state index contributed by atoms with van der Waals surface area (Å²) < 4.78 is 19.1. The number of benzene rings is 1. The summed E-state index contributed by atoms with van der Waals surface area (Å²) in [5.41, 5.74) is 1.28. The van der Waals surface area contributed by atoms with Gasteiger partial charge in [-0.05, 0) is 46.1 Å². The number of hydrogen-bond acceptors (Lipinski definition) is 3. The Morgan fingerprint density at radius 1 is 1.43 bits per heavy atom. The van der Waals surface area contributed by atoms with E-state index in [2.05, 4.69) is 5.32 Å². The SMILES string of the molecule is Cc1ccc(F)c(CNCC2CCN(C(=O)OC(C)(C)C)C2)c1.